The van der Waals surface area contributed by atoms with Crippen LogP contribution in [0.1, 0.15) is 24.7 Å². The molecule has 0 saturated heterocycles. The number of benzene rings is 2. The van der Waals surface area contributed by atoms with Crippen LogP contribution in [0.15, 0.2) is 41.3 Å². The number of hydrogen-bond acceptors (Lipinski definition) is 6. The molecule has 9 nitrogen and oxygen atoms in total. The second-order valence-electron chi connectivity index (χ2n) is 7.99. The topological polar surface area (TPSA) is 103 Å². The molecule has 184 valence electrons. The first kappa shape index (κ1) is 25.5. The van der Waals surface area contributed by atoms with E-state index in [-0.39, 0.29) is 17.2 Å². The van der Waals surface area contributed by atoms with Crippen molar-refractivity contribution in [1.82, 2.24) is 19.2 Å². The van der Waals surface area contributed by atoms with Crippen LogP contribution in [0.4, 0.5) is 0 Å². The molecule has 1 heterocycles. The number of aromatic nitrogens is 2. The zero-order valence-corrected chi connectivity index (χ0v) is 21.1. The lowest BCUT2D eigenvalue weighted by atomic mass is 10.1. The summed E-state index contributed by atoms with van der Waals surface area (Å²) >= 11 is 0. The van der Waals surface area contributed by atoms with Gasteiger partial charge in [0.1, 0.15) is 17.3 Å². The van der Waals surface area contributed by atoms with E-state index in [9.17, 15) is 13.2 Å². The van der Waals surface area contributed by atoms with Gasteiger partial charge in [-0.1, -0.05) is 6.07 Å². The van der Waals surface area contributed by atoms with Gasteiger partial charge in [-0.05, 0) is 43.2 Å². The van der Waals surface area contributed by atoms with Crippen LogP contribution in [-0.4, -0.2) is 63.0 Å². The van der Waals surface area contributed by atoms with Gasteiger partial charge in [0.05, 0.1) is 30.1 Å². The maximum atomic E-state index is 12.5. The van der Waals surface area contributed by atoms with Gasteiger partial charge < -0.3 is 19.4 Å². The van der Waals surface area contributed by atoms with Crippen molar-refractivity contribution in [2.75, 3.05) is 34.9 Å². The van der Waals surface area contributed by atoms with Crippen LogP contribution >= 0.6 is 0 Å². The Morgan fingerprint density at radius 2 is 1.85 bits per heavy atom. The molecule has 0 fully saturated rings. The standard InChI is InChI=1S/C24H32N4O5S/c1-6-28-21-10-9-19(34(30,31)27(2)3)16-20(21)26-23(28)11-12-24(29)25-14-13-17-7-8-18(32-4)15-22(17)33-5/h7-10,15-16H,6,11-14H2,1-5H3,(H,25,29). The van der Waals surface area contributed by atoms with E-state index < -0.39 is 10.0 Å². The Morgan fingerprint density at radius 1 is 1.09 bits per heavy atom. The molecular weight excluding hydrogens is 456 g/mol. The fourth-order valence-electron chi connectivity index (χ4n) is 3.78. The van der Waals surface area contributed by atoms with Crippen LogP contribution in [0.5, 0.6) is 11.5 Å². The second kappa shape index (κ2) is 10.9. The van der Waals surface area contributed by atoms with Crippen LogP contribution in [0.2, 0.25) is 0 Å². The zero-order chi connectivity index (χ0) is 24.9. The first-order valence-electron chi connectivity index (χ1n) is 11.1. The van der Waals surface area contributed by atoms with E-state index >= 15 is 0 Å². The van der Waals surface area contributed by atoms with E-state index in [0.29, 0.717) is 31.4 Å². The molecule has 34 heavy (non-hydrogen) atoms. The van der Waals surface area contributed by atoms with Crippen molar-refractivity contribution in [3.05, 3.63) is 47.8 Å². The molecule has 0 bridgehead atoms. The predicted octanol–water partition coefficient (Wildman–Crippen LogP) is 2.62. The third-order valence-corrected chi connectivity index (χ3v) is 7.49. The molecule has 3 aromatic rings. The van der Waals surface area contributed by atoms with Gasteiger partial charge in [0.15, 0.2) is 0 Å². The highest BCUT2D eigenvalue weighted by Gasteiger charge is 2.19. The summed E-state index contributed by atoms with van der Waals surface area (Å²) in [6.45, 7) is 3.15. The quantitative estimate of drug-likeness (QED) is 0.445. The highest BCUT2D eigenvalue weighted by Crippen LogP contribution is 2.25. The van der Waals surface area contributed by atoms with Crippen LogP contribution in [0.25, 0.3) is 11.0 Å². The zero-order valence-electron chi connectivity index (χ0n) is 20.3. The van der Waals surface area contributed by atoms with Gasteiger partial charge in [0, 0.05) is 46.1 Å². The van der Waals surface area contributed by atoms with E-state index in [2.05, 4.69) is 10.3 Å². The number of aryl methyl sites for hydroxylation is 2. The van der Waals surface area contributed by atoms with Crippen molar-refractivity contribution in [3.63, 3.8) is 0 Å². The number of rotatable bonds is 11. The third-order valence-electron chi connectivity index (χ3n) is 5.68. The van der Waals surface area contributed by atoms with Gasteiger partial charge >= 0.3 is 0 Å². The normalized spacial score (nSPS) is 11.7. The summed E-state index contributed by atoms with van der Waals surface area (Å²) in [5.41, 5.74) is 2.44. The summed E-state index contributed by atoms with van der Waals surface area (Å²) in [6, 6.07) is 10.6. The molecule has 0 aliphatic rings. The van der Waals surface area contributed by atoms with Crippen molar-refractivity contribution in [1.29, 1.82) is 0 Å². The van der Waals surface area contributed by atoms with Crippen molar-refractivity contribution >= 4 is 27.0 Å². The summed E-state index contributed by atoms with van der Waals surface area (Å²) < 4.78 is 38.7. The van der Waals surface area contributed by atoms with Gasteiger partial charge in [0.25, 0.3) is 0 Å². The van der Waals surface area contributed by atoms with E-state index in [0.717, 1.165) is 28.4 Å². The fraction of sp³-hybridized carbons (Fsp3) is 0.417. The Labute approximate surface area is 200 Å². The summed E-state index contributed by atoms with van der Waals surface area (Å²) in [6.07, 6.45) is 1.37. The smallest absolute Gasteiger partial charge is 0.242 e. The SMILES string of the molecule is CCn1c(CCC(=O)NCCc2ccc(OC)cc2OC)nc2cc(S(=O)(=O)N(C)C)ccc21. The van der Waals surface area contributed by atoms with E-state index in [1.807, 2.05) is 29.7 Å². The van der Waals surface area contributed by atoms with Crippen molar-refractivity contribution in [3.8, 4) is 11.5 Å². The van der Waals surface area contributed by atoms with Crippen LogP contribution in [0, 0.1) is 0 Å². The lowest BCUT2D eigenvalue weighted by Crippen LogP contribution is -2.26. The molecule has 2 aromatic carbocycles. The largest absolute Gasteiger partial charge is 0.497 e. The van der Waals surface area contributed by atoms with Gasteiger partial charge in [0.2, 0.25) is 15.9 Å². The maximum absolute atomic E-state index is 12.5. The Morgan fingerprint density at radius 3 is 2.50 bits per heavy atom. The Balaban J connectivity index is 1.64. The molecule has 0 atom stereocenters. The summed E-state index contributed by atoms with van der Waals surface area (Å²) in [5, 5.41) is 2.95. The molecule has 0 unspecified atom stereocenters. The van der Waals surface area contributed by atoms with Gasteiger partial charge in [-0.25, -0.2) is 17.7 Å². The lowest BCUT2D eigenvalue weighted by molar-refractivity contribution is -0.121. The number of fused-ring (bicyclic) bond motifs is 1. The van der Waals surface area contributed by atoms with E-state index in [1.54, 1.807) is 32.4 Å². The molecule has 10 heteroatoms. The highest BCUT2D eigenvalue weighted by molar-refractivity contribution is 7.89. The highest BCUT2D eigenvalue weighted by atomic mass is 32.2. The summed E-state index contributed by atoms with van der Waals surface area (Å²) in [5.74, 6) is 2.12. The summed E-state index contributed by atoms with van der Waals surface area (Å²) in [7, 11) is 2.67. The predicted molar refractivity (Wildman–Crippen MR) is 131 cm³/mol. The van der Waals surface area contributed by atoms with Crippen LogP contribution < -0.4 is 14.8 Å². The van der Waals surface area contributed by atoms with Crippen LogP contribution in [-0.2, 0) is 34.2 Å². The fourth-order valence-corrected chi connectivity index (χ4v) is 4.71. The first-order valence-corrected chi connectivity index (χ1v) is 12.5. The molecule has 3 rings (SSSR count). The minimum absolute atomic E-state index is 0.0712. The maximum Gasteiger partial charge on any atom is 0.242 e. The monoisotopic (exact) mass is 488 g/mol. The summed E-state index contributed by atoms with van der Waals surface area (Å²) in [4.78, 5) is 17.3. The minimum Gasteiger partial charge on any atom is -0.497 e. The lowest BCUT2D eigenvalue weighted by Gasteiger charge is -2.11. The number of sulfonamides is 1. The van der Waals surface area contributed by atoms with Crippen molar-refractivity contribution in [2.45, 2.75) is 37.6 Å². The number of methoxy groups -OCH3 is 2. The number of hydrogen-bond donors (Lipinski definition) is 1. The molecule has 0 spiro atoms. The van der Waals surface area contributed by atoms with Gasteiger partial charge in [-0.15, -0.1) is 0 Å². The first-order chi connectivity index (χ1) is 16.2. The van der Waals surface area contributed by atoms with E-state index in [1.165, 1.54) is 18.4 Å². The molecule has 0 aliphatic heterocycles. The molecule has 1 amide bonds. The number of imidazole rings is 1. The number of amides is 1. The Bertz CT molecular complexity index is 1270. The van der Waals surface area contributed by atoms with Crippen molar-refractivity contribution in [2.24, 2.45) is 0 Å². The van der Waals surface area contributed by atoms with Crippen LogP contribution in [0.3, 0.4) is 0 Å². The minimum atomic E-state index is -3.54. The average Bonchev–Trinajstić information content (AvgIpc) is 3.19. The van der Waals surface area contributed by atoms with Gasteiger partial charge in [-0.3, -0.25) is 4.79 Å². The molecule has 0 saturated carbocycles. The Kier molecular flexibility index (Phi) is 8.16. The second-order valence-corrected chi connectivity index (χ2v) is 10.1. The van der Waals surface area contributed by atoms with Gasteiger partial charge in [-0.2, -0.15) is 0 Å². The Hall–Kier alpha value is -3.11. The molecule has 0 radical (unpaired) electrons. The van der Waals surface area contributed by atoms with Crippen molar-refractivity contribution < 1.29 is 22.7 Å². The third kappa shape index (κ3) is 5.51. The molecule has 0 aliphatic carbocycles. The average molecular weight is 489 g/mol. The number of carbonyl (C=O) groups excluding carboxylic acids is 1. The molecule has 1 N–H and O–H groups in total. The van der Waals surface area contributed by atoms with E-state index in [4.69, 9.17) is 9.47 Å². The number of nitrogens with zero attached hydrogens (tertiary/aromatic N) is 3. The number of carbonyl (C=O) groups is 1. The molecule has 1 aromatic heterocycles. The number of nitrogens with one attached hydrogen (secondary N) is 1. The number of ether oxygens (including phenoxy) is 2. The molecular formula is C24H32N4O5S.